The predicted octanol–water partition coefficient (Wildman–Crippen LogP) is 3.09. The zero-order valence-corrected chi connectivity index (χ0v) is 19.2. The van der Waals surface area contributed by atoms with Crippen LogP contribution in [0.2, 0.25) is 0 Å². The Bertz CT molecular complexity index is 1280. The lowest BCUT2D eigenvalue weighted by Gasteiger charge is -2.23. The quantitative estimate of drug-likeness (QED) is 0.465. The number of H-pyrrole nitrogens is 1. The van der Waals surface area contributed by atoms with Crippen LogP contribution in [0.15, 0.2) is 52.1 Å². The number of ether oxygens (including phenoxy) is 1. The number of thiophene rings is 1. The van der Waals surface area contributed by atoms with Gasteiger partial charge in [-0.2, -0.15) is 0 Å². The van der Waals surface area contributed by atoms with Crippen molar-refractivity contribution in [3.63, 3.8) is 0 Å². The average molecular weight is 473 g/mol. The van der Waals surface area contributed by atoms with E-state index in [9.17, 15) is 18.8 Å². The van der Waals surface area contributed by atoms with E-state index in [0.717, 1.165) is 9.75 Å². The van der Waals surface area contributed by atoms with E-state index in [1.54, 1.807) is 36.4 Å². The number of aromatic nitrogens is 2. The molecule has 0 aliphatic rings. The standard InChI is InChI=1S/C23H25FN4O4S/c1-3-12-28-21(25)20(22(30)26-23(28)31)27(13-14-32-2)19(29)11-9-15-8-10-18(33-15)16-6-4-5-7-17(16)24/h4-11H,3,12-14,25H2,1-2H3,(H,26,30,31). The Morgan fingerprint density at radius 1 is 1.27 bits per heavy atom. The van der Waals surface area contributed by atoms with Gasteiger partial charge >= 0.3 is 5.69 Å². The zero-order valence-electron chi connectivity index (χ0n) is 18.3. The maximum Gasteiger partial charge on any atom is 0.330 e. The van der Waals surface area contributed by atoms with Gasteiger partial charge in [0.1, 0.15) is 11.6 Å². The molecule has 0 saturated heterocycles. The minimum atomic E-state index is -0.749. The van der Waals surface area contributed by atoms with E-state index in [0.29, 0.717) is 18.5 Å². The summed E-state index contributed by atoms with van der Waals surface area (Å²) in [5, 5.41) is 0. The molecule has 2 aromatic heterocycles. The van der Waals surface area contributed by atoms with Crippen LogP contribution >= 0.6 is 11.3 Å². The number of nitrogens with two attached hydrogens (primary N) is 1. The summed E-state index contributed by atoms with van der Waals surface area (Å²) >= 11 is 1.32. The molecule has 0 bridgehead atoms. The van der Waals surface area contributed by atoms with Gasteiger partial charge in [-0.25, -0.2) is 9.18 Å². The van der Waals surface area contributed by atoms with Crippen LogP contribution in [0.3, 0.4) is 0 Å². The SMILES string of the molecule is CCCn1c(N)c(N(CCOC)C(=O)C=Cc2ccc(-c3ccccc3F)s2)c(=O)[nH]c1=O. The molecule has 0 radical (unpaired) electrons. The van der Waals surface area contributed by atoms with Gasteiger partial charge in [0.05, 0.1) is 6.61 Å². The molecule has 174 valence electrons. The molecule has 33 heavy (non-hydrogen) atoms. The molecule has 0 spiro atoms. The first kappa shape index (κ1) is 24.1. The third-order valence-corrected chi connectivity index (χ3v) is 5.96. The highest BCUT2D eigenvalue weighted by atomic mass is 32.1. The Kier molecular flexibility index (Phi) is 7.96. The highest BCUT2D eigenvalue weighted by molar-refractivity contribution is 7.16. The molecule has 3 N–H and O–H groups in total. The second-order valence-electron chi connectivity index (χ2n) is 7.14. The monoisotopic (exact) mass is 472 g/mol. The van der Waals surface area contributed by atoms with Crippen molar-refractivity contribution in [1.29, 1.82) is 0 Å². The Labute approximate surface area is 193 Å². The van der Waals surface area contributed by atoms with Crippen LogP contribution in [0.25, 0.3) is 16.5 Å². The lowest BCUT2D eigenvalue weighted by molar-refractivity contribution is -0.114. The molecule has 2 heterocycles. The fourth-order valence-electron chi connectivity index (χ4n) is 3.29. The molecule has 10 heteroatoms. The molecule has 3 rings (SSSR count). The van der Waals surface area contributed by atoms with Gasteiger partial charge in [0.2, 0.25) is 0 Å². The summed E-state index contributed by atoms with van der Waals surface area (Å²) in [7, 11) is 1.47. The molecular weight excluding hydrogens is 447 g/mol. The molecule has 1 amide bonds. The third kappa shape index (κ3) is 5.47. The predicted molar refractivity (Wildman–Crippen MR) is 129 cm³/mol. The summed E-state index contributed by atoms with van der Waals surface area (Å²) in [4.78, 5) is 42.6. The van der Waals surface area contributed by atoms with E-state index in [4.69, 9.17) is 10.5 Å². The van der Waals surface area contributed by atoms with Gasteiger partial charge in [-0.15, -0.1) is 11.3 Å². The van der Waals surface area contributed by atoms with Crippen molar-refractivity contribution >= 4 is 34.8 Å². The number of carbonyl (C=O) groups excluding carboxylic acids is 1. The van der Waals surface area contributed by atoms with Crippen molar-refractivity contribution in [2.24, 2.45) is 0 Å². The summed E-state index contributed by atoms with van der Waals surface area (Å²) in [6, 6.07) is 10.0. The second kappa shape index (κ2) is 10.9. The molecule has 0 aliphatic carbocycles. The number of benzene rings is 1. The van der Waals surface area contributed by atoms with Gasteiger partial charge in [0, 0.05) is 41.6 Å². The Balaban J connectivity index is 1.92. The number of hydrogen-bond acceptors (Lipinski definition) is 6. The maximum absolute atomic E-state index is 14.0. The van der Waals surface area contributed by atoms with Gasteiger partial charge in [0.25, 0.3) is 11.5 Å². The molecule has 0 fully saturated rings. The largest absolute Gasteiger partial charge is 0.383 e. The van der Waals surface area contributed by atoms with E-state index in [-0.39, 0.29) is 30.5 Å². The normalized spacial score (nSPS) is 11.2. The number of halogens is 1. The van der Waals surface area contributed by atoms with E-state index in [1.165, 1.54) is 40.1 Å². The van der Waals surface area contributed by atoms with Gasteiger partial charge in [-0.05, 0) is 30.7 Å². The topological polar surface area (TPSA) is 110 Å². The molecular formula is C23H25FN4O4S. The molecule has 3 aromatic rings. The van der Waals surface area contributed by atoms with E-state index in [1.807, 2.05) is 6.92 Å². The van der Waals surface area contributed by atoms with Gasteiger partial charge < -0.3 is 10.5 Å². The highest BCUT2D eigenvalue weighted by Crippen LogP contribution is 2.30. The van der Waals surface area contributed by atoms with Crippen LogP contribution in [0, 0.1) is 5.82 Å². The fourth-order valence-corrected chi connectivity index (χ4v) is 4.23. The molecule has 0 atom stereocenters. The summed E-state index contributed by atoms with van der Waals surface area (Å²) in [5.41, 5.74) is 5.12. The van der Waals surface area contributed by atoms with Crippen molar-refractivity contribution in [2.45, 2.75) is 19.9 Å². The van der Waals surface area contributed by atoms with Crippen LogP contribution < -0.4 is 21.9 Å². The van der Waals surface area contributed by atoms with Crippen LogP contribution in [0.5, 0.6) is 0 Å². The number of amides is 1. The van der Waals surface area contributed by atoms with Crippen LogP contribution in [0.4, 0.5) is 15.9 Å². The maximum atomic E-state index is 14.0. The Morgan fingerprint density at radius 3 is 2.73 bits per heavy atom. The lowest BCUT2D eigenvalue weighted by Crippen LogP contribution is -2.42. The number of nitrogen functional groups attached to an aromatic ring is 1. The van der Waals surface area contributed by atoms with E-state index < -0.39 is 17.2 Å². The van der Waals surface area contributed by atoms with Gasteiger partial charge in [-0.1, -0.05) is 25.1 Å². The average Bonchev–Trinajstić information content (AvgIpc) is 3.26. The Morgan fingerprint density at radius 2 is 2.03 bits per heavy atom. The zero-order chi connectivity index (χ0) is 24.0. The Hall–Kier alpha value is -3.50. The highest BCUT2D eigenvalue weighted by Gasteiger charge is 2.22. The second-order valence-corrected chi connectivity index (χ2v) is 8.26. The van der Waals surface area contributed by atoms with Crippen LogP contribution in [0.1, 0.15) is 18.2 Å². The summed E-state index contributed by atoms with van der Waals surface area (Å²) in [6.45, 7) is 2.37. The molecule has 0 aliphatic heterocycles. The molecule has 0 saturated carbocycles. The number of methoxy groups -OCH3 is 1. The van der Waals surface area contributed by atoms with E-state index >= 15 is 0 Å². The van der Waals surface area contributed by atoms with Crippen molar-refractivity contribution in [1.82, 2.24) is 9.55 Å². The number of anilines is 2. The smallest absolute Gasteiger partial charge is 0.330 e. The third-order valence-electron chi connectivity index (χ3n) is 4.87. The summed E-state index contributed by atoms with van der Waals surface area (Å²) in [6.07, 6.45) is 3.51. The van der Waals surface area contributed by atoms with Crippen molar-refractivity contribution in [3.05, 3.63) is 74.0 Å². The van der Waals surface area contributed by atoms with Crippen molar-refractivity contribution in [2.75, 3.05) is 30.9 Å². The van der Waals surface area contributed by atoms with Gasteiger partial charge in [0.15, 0.2) is 5.69 Å². The molecule has 8 nitrogen and oxygen atoms in total. The van der Waals surface area contributed by atoms with Gasteiger partial charge in [-0.3, -0.25) is 24.0 Å². The van der Waals surface area contributed by atoms with Crippen LogP contribution in [-0.4, -0.2) is 35.7 Å². The molecule has 0 unspecified atom stereocenters. The minimum absolute atomic E-state index is 0.0577. The summed E-state index contributed by atoms with van der Waals surface area (Å²) in [5.74, 6) is -0.915. The first-order chi connectivity index (χ1) is 15.9. The van der Waals surface area contributed by atoms with Crippen molar-refractivity contribution in [3.8, 4) is 10.4 Å². The number of nitrogens with one attached hydrogen (secondary N) is 1. The lowest BCUT2D eigenvalue weighted by atomic mass is 10.2. The van der Waals surface area contributed by atoms with Crippen LogP contribution in [-0.2, 0) is 16.1 Å². The van der Waals surface area contributed by atoms with E-state index in [2.05, 4.69) is 4.98 Å². The number of hydrogen-bond donors (Lipinski definition) is 2. The molecule has 1 aromatic carbocycles. The number of carbonyl (C=O) groups is 1. The van der Waals surface area contributed by atoms with Crippen molar-refractivity contribution < 1.29 is 13.9 Å². The number of aromatic amines is 1. The first-order valence-electron chi connectivity index (χ1n) is 10.3. The minimum Gasteiger partial charge on any atom is -0.383 e. The summed E-state index contributed by atoms with van der Waals surface area (Å²) < 4.78 is 20.4. The number of rotatable bonds is 9. The fraction of sp³-hybridized carbons (Fsp3) is 0.261. The number of nitrogens with zero attached hydrogens (tertiary/aromatic N) is 2. The first-order valence-corrected chi connectivity index (χ1v) is 11.1.